The molecule has 0 bridgehead atoms. The van der Waals surface area contributed by atoms with E-state index < -0.39 is 0 Å². The van der Waals surface area contributed by atoms with Crippen molar-refractivity contribution < 1.29 is 0 Å². The highest BCUT2D eigenvalue weighted by Crippen LogP contribution is 2.56. The summed E-state index contributed by atoms with van der Waals surface area (Å²) in [6.07, 6.45) is 11.8. The van der Waals surface area contributed by atoms with E-state index >= 15 is 0 Å². The van der Waals surface area contributed by atoms with Crippen molar-refractivity contribution in [1.82, 2.24) is 0 Å². The van der Waals surface area contributed by atoms with Crippen LogP contribution in [0.1, 0.15) is 114 Å². The predicted octanol–water partition coefficient (Wildman–Crippen LogP) is 9.09. The molecule has 9 unspecified atom stereocenters. The molecule has 2 aliphatic rings. The van der Waals surface area contributed by atoms with Gasteiger partial charge in [-0.25, -0.2) is 0 Å². The molecule has 0 aliphatic heterocycles. The second kappa shape index (κ2) is 10.9. The van der Waals surface area contributed by atoms with Crippen molar-refractivity contribution in [2.45, 2.75) is 114 Å². The molecular formula is C28H54. The van der Waals surface area contributed by atoms with Gasteiger partial charge in [0.05, 0.1) is 0 Å². The maximum atomic E-state index is 2.62. The monoisotopic (exact) mass is 390 g/mol. The molecule has 28 heavy (non-hydrogen) atoms. The van der Waals surface area contributed by atoms with Crippen LogP contribution in [0.15, 0.2) is 0 Å². The van der Waals surface area contributed by atoms with E-state index in [4.69, 9.17) is 0 Å². The summed E-state index contributed by atoms with van der Waals surface area (Å²) in [5.74, 6) is 10.5. The van der Waals surface area contributed by atoms with Crippen LogP contribution in [-0.2, 0) is 0 Å². The van der Waals surface area contributed by atoms with Gasteiger partial charge in [0, 0.05) is 0 Å². The number of hydrogen-bond donors (Lipinski definition) is 0. The first-order valence-corrected chi connectivity index (χ1v) is 13.1. The van der Waals surface area contributed by atoms with E-state index in [2.05, 4.69) is 62.3 Å². The number of hydrogen-bond acceptors (Lipinski definition) is 0. The van der Waals surface area contributed by atoms with Crippen molar-refractivity contribution in [2.24, 2.45) is 65.1 Å². The van der Waals surface area contributed by atoms with Crippen LogP contribution in [0.25, 0.3) is 0 Å². The van der Waals surface area contributed by atoms with E-state index in [1.54, 1.807) is 6.42 Å². The minimum atomic E-state index is 0.845. The Balaban J connectivity index is 1.92. The van der Waals surface area contributed by atoms with Gasteiger partial charge in [0.2, 0.25) is 0 Å². The van der Waals surface area contributed by atoms with Gasteiger partial charge in [-0.3, -0.25) is 0 Å². The van der Waals surface area contributed by atoms with Gasteiger partial charge in [-0.15, -0.1) is 0 Å². The fraction of sp³-hybridized carbons (Fsp3) is 1.00. The highest BCUT2D eigenvalue weighted by atomic mass is 14.5. The van der Waals surface area contributed by atoms with E-state index in [0.717, 1.165) is 65.1 Å². The molecule has 0 N–H and O–H groups in total. The van der Waals surface area contributed by atoms with E-state index in [1.807, 2.05) is 0 Å². The van der Waals surface area contributed by atoms with Gasteiger partial charge in [-0.1, -0.05) is 88.0 Å². The van der Waals surface area contributed by atoms with Gasteiger partial charge in [0.25, 0.3) is 0 Å². The summed E-state index contributed by atoms with van der Waals surface area (Å²) >= 11 is 0. The zero-order chi connectivity index (χ0) is 21.0. The zero-order valence-corrected chi connectivity index (χ0v) is 21.0. The van der Waals surface area contributed by atoms with Crippen molar-refractivity contribution in [3.05, 3.63) is 0 Å². The topological polar surface area (TPSA) is 0 Å². The molecule has 2 rings (SSSR count). The lowest BCUT2D eigenvalue weighted by molar-refractivity contribution is 0.0356. The molecule has 0 aromatic heterocycles. The average Bonchev–Trinajstić information content (AvgIpc) is 2.93. The van der Waals surface area contributed by atoms with Crippen LogP contribution in [0.3, 0.4) is 0 Å². The molecule has 0 heteroatoms. The molecule has 2 aliphatic carbocycles. The SMILES string of the molecule is CCC(CCCC(C)C(C)C)CC(C)C1CC(C(C)C)C2C(C)CC(C)C2C1. The summed E-state index contributed by atoms with van der Waals surface area (Å²) in [5, 5.41) is 0. The van der Waals surface area contributed by atoms with Gasteiger partial charge >= 0.3 is 0 Å². The Morgan fingerprint density at radius 2 is 1.50 bits per heavy atom. The quantitative estimate of drug-likeness (QED) is 0.349. The van der Waals surface area contributed by atoms with E-state index in [1.165, 1.54) is 44.9 Å². The first-order valence-electron chi connectivity index (χ1n) is 13.1. The average molecular weight is 391 g/mol. The van der Waals surface area contributed by atoms with Gasteiger partial charge in [0.15, 0.2) is 0 Å². The first kappa shape index (κ1) is 24.3. The lowest BCUT2D eigenvalue weighted by Gasteiger charge is -2.45. The molecule has 0 heterocycles. The van der Waals surface area contributed by atoms with Crippen molar-refractivity contribution in [3.63, 3.8) is 0 Å². The minimum Gasteiger partial charge on any atom is -0.0651 e. The lowest BCUT2D eigenvalue weighted by atomic mass is 9.60. The Labute approximate surface area is 179 Å². The number of fused-ring (bicyclic) bond motifs is 1. The lowest BCUT2D eigenvalue weighted by Crippen LogP contribution is -2.38. The summed E-state index contributed by atoms with van der Waals surface area (Å²) in [6, 6.07) is 0. The van der Waals surface area contributed by atoms with Gasteiger partial charge < -0.3 is 0 Å². The predicted molar refractivity (Wildman–Crippen MR) is 126 cm³/mol. The Hall–Kier alpha value is 0. The van der Waals surface area contributed by atoms with Crippen molar-refractivity contribution in [1.29, 1.82) is 0 Å². The minimum absolute atomic E-state index is 0.845. The van der Waals surface area contributed by atoms with Gasteiger partial charge in [-0.05, 0) is 90.8 Å². The molecule has 9 atom stereocenters. The maximum absolute atomic E-state index is 2.62. The Kier molecular flexibility index (Phi) is 9.41. The Morgan fingerprint density at radius 3 is 2.07 bits per heavy atom. The molecule has 0 spiro atoms. The van der Waals surface area contributed by atoms with Crippen LogP contribution < -0.4 is 0 Å². The first-order chi connectivity index (χ1) is 13.1. The van der Waals surface area contributed by atoms with E-state index in [-0.39, 0.29) is 0 Å². The van der Waals surface area contributed by atoms with Crippen LogP contribution in [0.5, 0.6) is 0 Å². The summed E-state index contributed by atoms with van der Waals surface area (Å²) in [4.78, 5) is 0. The third kappa shape index (κ3) is 6.01. The van der Waals surface area contributed by atoms with Crippen LogP contribution in [0, 0.1) is 65.1 Å². The molecule has 166 valence electrons. The Bertz CT molecular complexity index is 435. The fourth-order valence-electron chi connectivity index (χ4n) is 7.25. The fourth-order valence-corrected chi connectivity index (χ4v) is 7.25. The summed E-state index contributed by atoms with van der Waals surface area (Å²) in [5.41, 5.74) is 0. The molecule has 0 aromatic carbocycles. The standard InChI is InChI=1S/C28H54/c1-10-24(13-11-12-20(6)18(2)3)15-21(7)25-16-26(19(4)5)28-23(9)14-22(8)27(28)17-25/h18-28H,10-17H2,1-9H3. The summed E-state index contributed by atoms with van der Waals surface area (Å²) in [7, 11) is 0. The smallest absolute Gasteiger partial charge is 0.0326 e. The summed E-state index contributed by atoms with van der Waals surface area (Å²) in [6.45, 7) is 22.4. The third-order valence-corrected chi connectivity index (χ3v) is 9.62. The molecule has 2 fully saturated rings. The molecule has 0 radical (unpaired) electrons. The maximum Gasteiger partial charge on any atom is -0.0326 e. The second-order valence-electron chi connectivity index (χ2n) is 12.2. The molecule has 0 saturated heterocycles. The van der Waals surface area contributed by atoms with Crippen molar-refractivity contribution in [3.8, 4) is 0 Å². The highest BCUT2D eigenvalue weighted by Gasteiger charge is 2.48. The molecule has 0 amide bonds. The van der Waals surface area contributed by atoms with Crippen molar-refractivity contribution >= 4 is 0 Å². The largest absolute Gasteiger partial charge is 0.0651 e. The van der Waals surface area contributed by atoms with Crippen LogP contribution in [0.2, 0.25) is 0 Å². The molecular weight excluding hydrogens is 336 g/mol. The molecule has 2 saturated carbocycles. The zero-order valence-electron chi connectivity index (χ0n) is 21.0. The van der Waals surface area contributed by atoms with E-state index in [9.17, 15) is 0 Å². The van der Waals surface area contributed by atoms with Crippen LogP contribution >= 0.6 is 0 Å². The van der Waals surface area contributed by atoms with Gasteiger partial charge in [0.1, 0.15) is 0 Å². The van der Waals surface area contributed by atoms with Crippen molar-refractivity contribution in [2.75, 3.05) is 0 Å². The molecule has 0 aromatic rings. The number of rotatable bonds is 10. The van der Waals surface area contributed by atoms with E-state index in [0.29, 0.717) is 0 Å². The summed E-state index contributed by atoms with van der Waals surface area (Å²) < 4.78 is 0. The second-order valence-corrected chi connectivity index (χ2v) is 12.2. The van der Waals surface area contributed by atoms with Crippen LogP contribution in [-0.4, -0.2) is 0 Å². The van der Waals surface area contributed by atoms with Gasteiger partial charge in [-0.2, -0.15) is 0 Å². The normalized spacial score (nSPS) is 36.5. The Morgan fingerprint density at radius 1 is 0.821 bits per heavy atom. The third-order valence-electron chi connectivity index (χ3n) is 9.62. The highest BCUT2D eigenvalue weighted by molar-refractivity contribution is 4.97. The molecule has 0 nitrogen and oxygen atoms in total. The van der Waals surface area contributed by atoms with Crippen LogP contribution in [0.4, 0.5) is 0 Å².